The van der Waals surface area contributed by atoms with Crippen molar-refractivity contribution in [2.24, 2.45) is 0 Å². The van der Waals surface area contributed by atoms with Crippen LogP contribution in [-0.4, -0.2) is 26.9 Å². The standard InChI is InChI=1S/C16H12F3N5S2/c17-16(18,19)5-9-8-26-13-7-22-10(3-12(9)13)1-2-25-15-23-11(6-20)4-14(21)24-15/h3-4,7-8H,1-2,5H2,(H2,21,23,24). The summed E-state index contributed by atoms with van der Waals surface area (Å²) >= 11 is 2.57. The van der Waals surface area contributed by atoms with Crippen molar-refractivity contribution in [3.63, 3.8) is 0 Å². The maximum atomic E-state index is 12.7. The van der Waals surface area contributed by atoms with Crippen LogP contribution >= 0.6 is 23.1 Å². The molecule has 0 fully saturated rings. The van der Waals surface area contributed by atoms with Gasteiger partial charge in [0.25, 0.3) is 0 Å². The number of fused-ring (bicyclic) bond motifs is 1. The Hall–Kier alpha value is -2.38. The van der Waals surface area contributed by atoms with Crippen LogP contribution in [0.5, 0.6) is 0 Å². The summed E-state index contributed by atoms with van der Waals surface area (Å²) < 4.78 is 38.7. The molecule has 0 aliphatic carbocycles. The van der Waals surface area contributed by atoms with Gasteiger partial charge in [-0.2, -0.15) is 18.4 Å². The molecule has 3 aromatic heterocycles. The molecule has 26 heavy (non-hydrogen) atoms. The number of nitrogens with zero attached hydrogens (tertiary/aromatic N) is 4. The number of alkyl halides is 3. The maximum Gasteiger partial charge on any atom is 0.393 e. The Morgan fingerprint density at radius 3 is 2.81 bits per heavy atom. The zero-order valence-electron chi connectivity index (χ0n) is 13.2. The summed E-state index contributed by atoms with van der Waals surface area (Å²) in [4.78, 5) is 12.4. The minimum Gasteiger partial charge on any atom is -0.384 e. The normalized spacial score (nSPS) is 11.6. The summed E-state index contributed by atoms with van der Waals surface area (Å²) in [7, 11) is 0. The Kier molecular flexibility index (Phi) is 5.29. The van der Waals surface area contributed by atoms with Crippen molar-refractivity contribution in [3.05, 3.63) is 40.7 Å². The second-order valence-electron chi connectivity index (χ2n) is 5.40. The van der Waals surface area contributed by atoms with Crippen LogP contribution in [0.2, 0.25) is 0 Å². The van der Waals surface area contributed by atoms with E-state index in [1.807, 2.05) is 6.07 Å². The molecule has 134 valence electrons. The number of thiophene rings is 1. The highest BCUT2D eigenvalue weighted by Crippen LogP contribution is 2.31. The van der Waals surface area contributed by atoms with Crippen LogP contribution in [0.15, 0.2) is 28.9 Å². The van der Waals surface area contributed by atoms with Crippen molar-refractivity contribution in [1.29, 1.82) is 5.26 Å². The van der Waals surface area contributed by atoms with Crippen molar-refractivity contribution in [2.45, 2.75) is 24.2 Å². The van der Waals surface area contributed by atoms with Gasteiger partial charge in [0.15, 0.2) is 5.16 Å². The minimum atomic E-state index is -4.24. The lowest BCUT2D eigenvalue weighted by molar-refractivity contribution is -0.126. The van der Waals surface area contributed by atoms with Gasteiger partial charge in [0, 0.05) is 23.7 Å². The summed E-state index contributed by atoms with van der Waals surface area (Å²) in [5.41, 5.74) is 6.77. The lowest BCUT2D eigenvalue weighted by atomic mass is 10.1. The Bertz CT molecular complexity index is 978. The van der Waals surface area contributed by atoms with Crippen molar-refractivity contribution in [3.8, 4) is 6.07 Å². The van der Waals surface area contributed by atoms with E-state index < -0.39 is 12.6 Å². The predicted octanol–water partition coefficient (Wildman–Crippen LogP) is 3.98. The van der Waals surface area contributed by atoms with Crippen molar-refractivity contribution in [2.75, 3.05) is 11.5 Å². The number of nitrogens with two attached hydrogens (primary N) is 1. The molecular weight excluding hydrogens is 383 g/mol. The van der Waals surface area contributed by atoms with E-state index in [1.54, 1.807) is 12.3 Å². The number of aromatic nitrogens is 3. The van der Waals surface area contributed by atoms with Crippen LogP contribution in [0.3, 0.4) is 0 Å². The fraction of sp³-hybridized carbons (Fsp3) is 0.250. The molecular formula is C16H12F3N5S2. The van der Waals surface area contributed by atoms with Gasteiger partial charge >= 0.3 is 6.18 Å². The monoisotopic (exact) mass is 395 g/mol. The van der Waals surface area contributed by atoms with Gasteiger partial charge in [-0.3, -0.25) is 4.98 Å². The second-order valence-corrected chi connectivity index (χ2v) is 7.37. The summed E-state index contributed by atoms with van der Waals surface area (Å²) in [6, 6.07) is 5.00. The Balaban J connectivity index is 1.70. The Labute approximate surface area is 155 Å². The number of rotatable bonds is 5. The third kappa shape index (κ3) is 4.62. The van der Waals surface area contributed by atoms with E-state index >= 15 is 0 Å². The number of hydrogen-bond acceptors (Lipinski definition) is 7. The molecule has 0 bridgehead atoms. The molecule has 2 N–H and O–H groups in total. The maximum absolute atomic E-state index is 12.7. The molecule has 0 unspecified atom stereocenters. The van der Waals surface area contributed by atoms with Gasteiger partial charge < -0.3 is 5.73 Å². The van der Waals surface area contributed by atoms with E-state index in [-0.39, 0.29) is 17.1 Å². The summed E-state index contributed by atoms with van der Waals surface area (Å²) in [6.07, 6.45) is -3.05. The third-order valence-electron chi connectivity index (χ3n) is 3.42. The van der Waals surface area contributed by atoms with Crippen LogP contribution < -0.4 is 5.73 Å². The van der Waals surface area contributed by atoms with Gasteiger partial charge in [-0.25, -0.2) is 9.97 Å². The number of nitrogen functional groups attached to an aromatic ring is 1. The average Bonchev–Trinajstić information content (AvgIpc) is 2.95. The van der Waals surface area contributed by atoms with Gasteiger partial charge in [-0.15, -0.1) is 11.3 Å². The molecule has 0 aliphatic rings. The van der Waals surface area contributed by atoms with E-state index in [0.29, 0.717) is 28.4 Å². The topological polar surface area (TPSA) is 88.5 Å². The van der Waals surface area contributed by atoms with Gasteiger partial charge in [0.2, 0.25) is 0 Å². The Morgan fingerprint density at radius 1 is 1.27 bits per heavy atom. The van der Waals surface area contributed by atoms with E-state index in [2.05, 4.69) is 15.0 Å². The Morgan fingerprint density at radius 2 is 2.08 bits per heavy atom. The summed E-state index contributed by atoms with van der Waals surface area (Å²) in [6.45, 7) is 0. The first kappa shape index (κ1) is 18.4. The number of anilines is 1. The number of aryl methyl sites for hydroxylation is 1. The molecule has 0 aromatic carbocycles. The fourth-order valence-corrected chi connectivity index (χ4v) is 4.07. The molecule has 0 atom stereocenters. The molecule has 0 saturated heterocycles. The minimum absolute atomic E-state index is 0.189. The van der Waals surface area contributed by atoms with Gasteiger partial charge in [-0.05, 0) is 28.8 Å². The van der Waals surface area contributed by atoms with Crippen LogP contribution in [-0.2, 0) is 12.8 Å². The second kappa shape index (κ2) is 7.47. The quantitative estimate of drug-likeness (QED) is 0.519. The first-order valence-corrected chi connectivity index (χ1v) is 9.30. The molecule has 0 aliphatic heterocycles. The van der Waals surface area contributed by atoms with Crippen LogP contribution in [0.25, 0.3) is 10.1 Å². The van der Waals surface area contributed by atoms with Gasteiger partial charge in [-0.1, -0.05) is 11.8 Å². The first-order valence-electron chi connectivity index (χ1n) is 7.43. The van der Waals surface area contributed by atoms with Crippen LogP contribution in [0, 0.1) is 11.3 Å². The average molecular weight is 395 g/mol. The van der Waals surface area contributed by atoms with E-state index in [9.17, 15) is 13.2 Å². The molecule has 5 nitrogen and oxygen atoms in total. The van der Waals surface area contributed by atoms with Gasteiger partial charge in [0.05, 0.1) is 11.1 Å². The third-order valence-corrected chi connectivity index (χ3v) is 5.25. The number of hydrogen-bond donors (Lipinski definition) is 1. The first-order chi connectivity index (χ1) is 12.3. The van der Waals surface area contributed by atoms with Crippen molar-refractivity contribution < 1.29 is 13.2 Å². The molecule has 3 aromatic rings. The fourth-order valence-electron chi connectivity index (χ4n) is 2.33. The highest BCUT2D eigenvalue weighted by Gasteiger charge is 2.29. The highest BCUT2D eigenvalue weighted by atomic mass is 32.2. The van der Waals surface area contributed by atoms with Gasteiger partial charge in [0.1, 0.15) is 17.6 Å². The lowest BCUT2D eigenvalue weighted by Gasteiger charge is -2.06. The van der Waals surface area contributed by atoms with Crippen molar-refractivity contribution in [1.82, 2.24) is 15.0 Å². The SMILES string of the molecule is N#Cc1cc(N)nc(SCCc2cc3c(CC(F)(F)F)csc3cn2)n1. The highest BCUT2D eigenvalue weighted by molar-refractivity contribution is 7.99. The molecule has 0 radical (unpaired) electrons. The number of pyridine rings is 1. The largest absolute Gasteiger partial charge is 0.393 e. The molecule has 0 saturated carbocycles. The van der Waals surface area contributed by atoms with E-state index in [0.717, 1.165) is 4.70 Å². The molecule has 3 rings (SSSR count). The van der Waals surface area contributed by atoms with Crippen LogP contribution in [0.1, 0.15) is 17.0 Å². The molecule has 0 spiro atoms. The van der Waals surface area contributed by atoms with E-state index in [4.69, 9.17) is 11.0 Å². The zero-order valence-corrected chi connectivity index (χ0v) is 14.9. The van der Waals surface area contributed by atoms with Crippen molar-refractivity contribution >= 4 is 39.0 Å². The smallest absolute Gasteiger partial charge is 0.384 e. The lowest BCUT2D eigenvalue weighted by Crippen LogP contribution is -2.11. The molecule has 10 heteroatoms. The molecule has 0 amide bonds. The summed E-state index contributed by atoms with van der Waals surface area (Å²) in [5, 5.41) is 11.4. The van der Waals surface area contributed by atoms with E-state index in [1.165, 1.54) is 34.5 Å². The predicted molar refractivity (Wildman–Crippen MR) is 95.0 cm³/mol. The number of thioether (sulfide) groups is 1. The number of nitriles is 1. The number of halogens is 3. The summed E-state index contributed by atoms with van der Waals surface area (Å²) in [5.74, 6) is 0.777. The zero-order chi connectivity index (χ0) is 18.7. The van der Waals surface area contributed by atoms with Crippen LogP contribution in [0.4, 0.5) is 19.0 Å². The molecule has 3 heterocycles.